The highest BCUT2D eigenvalue weighted by Gasteiger charge is 2.28. The molecule has 1 saturated heterocycles. The van der Waals surface area contributed by atoms with Gasteiger partial charge in [-0.1, -0.05) is 6.07 Å². The van der Waals surface area contributed by atoms with Crippen LogP contribution in [0.1, 0.15) is 12.0 Å². The third-order valence-corrected chi connectivity index (χ3v) is 6.44. The lowest BCUT2D eigenvalue weighted by Gasteiger charge is -2.25. The summed E-state index contributed by atoms with van der Waals surface area (Å²) >= 11 is 0. The Balaban J connectivity index is 1.37. The Labute approximate surface area is 199 Å². The van der Waals surface area contributed by atoms with Crippen molar-refractivity contribution in [2.24, 2.45) is 5.92 Å². The van der Waals surface area contributed by atoms with Gasteiger partial charge < -0.3 is 24.4 Å². The topological polar surface area (TPSA) is 72.9 Å². The van der Waals surface area contributed by atoms with Crippen LogP contribution in [0.3, 0.4) is 0 Å². The zero-order valence-corrected chi connectivity index (χ0v) is 19.5. The molecule has 1 fully saturated rings. The molecule has 3 heterocycles. The van der Waals surface area contributed by atoms with Gasteiger partial charge in [-0.2, -0.15) is 0 Å². The maximum atomic E-state index is 13.2. The monoisotopic (exact) mass is 459 g/mol. The third-order valence-electron chi connectivity index (χ3n) is 6.44. The minimum Gasteiger partial charge on any atom is -0.497 e. The molecule has 0 saturated carbocycles. The number of methoxy groups -OCH3 is 1. The number of amides is 1. The van der Waals surface area contributed by atoms with E-state index >= 15 is 0 Å². The summed E-state index contributed by atoms with van der Waals surface area (Å²) in [5.41, 5.74) is 3.72. The number of benzene rings is 2. The molecule has 2 atom stereocenters. The van der Waals surface area contributed by atoms with Crippen LogP contribution in [-0.2, 0) is 11.2 Å². The Morgan fingerprint density at radius 2 is 1.97 bits per heavy atom. The smallest absolute Gasteiger partial charge is 0.231 e. The summed E-state index contributed by atoms with van der Waals surface area (Å²) in [7, 11) is 3.73. The average Bonchev–Trinajstić information content (AvgIpc) is 3.29. The summed E-state index contributed by atoms with van der Waals surface area (Å²) in [6, 6.07) is 15.5. The first kappa shape index (κ1) is 22.2. The van der Waals surface area contributed by atoms with Gasteiger partial charge in [0, 0.05) is 25.5 Å². The van der Waals surface area contributed by atoms with E-state index in [1.807, 2.05) is 48.5 Å². The highest BCUT2D eigenvalue weighted by atomic mass is 16.5. The molecule has 0 bridgehead atoms. The van der Waals surface area contributed by atoms with Gasteiger partial charge in [0.15, 0.2) is 0 Å². The molecule has 1 aromatic heterocycles. The molecular formula is C27H29N3O4. The number of nitrogens with one attached hydrogen (secondary N) is 1. The van der Waals surface area contributed by atoms with E-state index in [1.165, 1.54) is 0 Å². The molecule has 5 rings (SSSR count). The lowest BCUT2D eigenvalue weighted by molar-refractivity contribution is -0.121. The molecule has 1 N–H and O–H groups in total. The number of anilines is 1. The Hall–Kier alpha value is -3.58. The van der Waals surface area contributed by atoms with Crippen molar-refractivity contribution in [2.75, 3.05) is 39.2 Å². The average molecular weight is 460 g/mol. The number of likely N-dealkylation sites (tertiary alicyclic amines) is 1. The molecule has 3 aromatic rings. The highest BCUT2D eigenvalue weighted by Crippen LogP contribution is 2.35. The van der Waals surface area contributed by atoms with Gasteiger partial charge in [0.2, 0.25) is 5.91 Å². The number of hydrogen-bond acceptors (Lipinski definition) is 6. The van der Waals surface area contributed by atoms with Crippen LogP contribution in [0.25, 0.3) is 11.1 Å². The molecule has 34 heavy (non-hydrogen) atoms. The SMILES string of the molecule is COc1ccc2c(c1)C[C@H](C(=O)Nc1ccc(-c3ccncc3)cc1O[C@H]1CCN(C)C1)CO2. The van der Waals surface area contributed by atoms with Crippen LogP contribution in [0.4, 0.5) is 5.69 Å². The number of hydrogen-bond donors (Lipinski definition) is 1. The second-order valence-electron chi connectivity index (χ2n) is 8.91. The van der Waals surface area contributed by atoms with Crippen LogP contribution < -0.4 is 19.5 Å². The number of carbonyl (C=O) groups is 1. The summed E-state index contributed by atoms with van der Waals surface area (Å²) in [4.78, 5) is 19.6. The predicted octanol–water partition coefficient (Wildman–Crippen LogP) is 4.03. The molecule has 2 aliphatic rings. The minimum atomic E-state index is -0.301. The van der Waals surface area contributed by atoms with E-state index in [9.17, 15) is 4.79 Å². The first-order valence-electron chi connectivity index (χ1n) is 11.6. The van der Waals surface area contributed by atoms with Crippen molar-refractivity contribution in [3.8, 4) is 28.4 Å². The first-order chi connectivity index (χ1) is 16.6. The zero-order valence-electron chi connectivity index (χ0n) is 19.5. The van der Waals surface area contributed by atoms with Gasteiger partial charge >= 0.3 is 0 Å². The summed E-state index contributed by atoms with van der Waals surface area (Å²) < 4.78 is 17.6. The molecule has 7 heteroatoms. The van der Waals surface area contributed by atoms with Crippen LogP contribution in [0, 0.1) is 5.92 Å². The normalized spacial score (nSPS) is 19.7. The number of ether oxygens (including phenoxy) is 3. The molecular weight excluding hydrogens is 430 g/mol. The maximum Gasteiger partial charge on any atom is 0.231 e. The number of fused-ring (bicyclic) bond motifs is 1. The van der Waals surface area contributed by atoms with Gasteiger partial charge in [0.1, 0.15) is 30.0 Å². The molecule has 176 valence electrons. The van der Waals surface area contributed by atoms with E-state index in [1.54, 1.807) is 19.5 Å². The molecule has 2 aliphatic heterocycles. The Morgan fingerprint density at radius 3 is 2.74 bits per heavy atom. The number of rotatable bonds is 6. The summed E-state index contributed by atoms with van der Waals surface area (Å²) in [6.45, 7) is 2.20. The molecule has 0 aliphatic carbocycles. The van der Waals surface area contributed by atoms with E-state index in [0.717, 1.165) is 47.7 Å². The van der Waals surface area contributed by atoms with E-state index < -0.39 is 0 Å². The van der Waals surface area contributed by atoms with E-state index in [2.05, 4.69) is 22.2 Å². The Kier molecular flexibility index (Phi) is 6.36. The van der Waals surface area contributed by atoms with Crippen LogP contribution >= 0.6 is 0 Å². The maximum absolute atomic E-state index is 13.2. The highest BCUT2D eigenvalue weighted by molar-refractivity contribution is 5.95. The number of nitrogens with zero attached hydrogens (tertiary/aromatic N) is 2. The second kappa shape index (κ2) is 9.73. The fraction of sp³-hybridized carbons (Fsp3) is 0.333. The molecule has 1 amide bonds. The zero-order chi connectivity index (χ0) is 23.5. The van der Waals surface area contributed by atoms with Crippen molar-refractivity contribution in [3.63, 3.8) is 0 Å². The van der Waals surface area contributed by atoms with Crippen LogP contribution in [0.5, 0.6) is 17.2 Å². The number of likely N-dealkylation sites (N-methyl/N-ethyl adjacent to an activating group) is 1. The first-order valence-corrected chi connectivity index (χ1v) is 11.6. The van der Waals surface area contributed by atoms with Crippen molar-refractivity contribution in [1.29, 1.82) is 0 Å². The number of pyridine rings is 1. The number of carbonyl (C=O) groups excluding carboxylic acids is 1. The van der Waals surface area contributed by atoms with Crippen molar-refractivity contribution in [2.45, 2.75) is 18.9 Å². The van der Waals surface area contributed by atoms with Gasteiger partial charge in [-0.05, 0) is 79.0 Å². The minimum absolute atomic E-state index is 0.0847. The summed E-state index contributed by atoms with van der Waals surface area (Å²) in [5, 5.41) is 3.10. The van der Waals surface area contributed by atoms with Crippen molar-refractivity contribution in [1.82, 2.24) is 9.88 Å². The lowest BCUT2D eigenvalue weighted by atomic mass is 9.95. The van der Waals surface area contributed by atoms with Crippen molar-refractivity contribution >= 4 is 11.6 Å². The summed E-state index contributed by atoms with van der Waals surface area (Å²) in [6.07, 6.45) is 5.18. The van der Waals surface area contributed by atoms with Crippen molar-refractivity contribution < 1.29 is 19.0 Å². The van der Waals surface area contributed by atoms with E-state index in [4.69, 9.17) is 14.2 Å². The largest absolute Gasteiger partial charge is 0.497 e. The van der Waals surface area contributed by atoms with E-state index in [0.29, 0.717) is 24.5 Å². The standard InChI is InChI=1S/C27H29N3O4/c1-30-12-9-23(16-30)34-26-15-19(18-7-10-28-11-8-18)3-5-24(26)29-27(31)21-13-20-14-22(32-2)4-6-25(20)33-17-21/h3-8,10-11,14-15,21,23H,9,12-13,16-17H2,1-2H3,(H,29,31)/t21-,23-/m0/s1. The molecule has 7 nitrogen and oxygen atoms in total. The van der Waals surface area contributed by atoms with Gasteiger partial charge in [-0.15, -0.1) is 0 Å². The third kappa shape index (κ3) is 4.84. The molecule has 0 spiro atoms. The predicted molar refractivity (Wildman–Crippen MR) is 131 cm³/mol. The Bertz CT molecular complexity index is 1170. The summed E-state index contributed by atoms with van der Waals surface area (Å²) in [5.74, 6) is 1.86. The van der Waals surface area contributed by atoms with Gasteiger partial charge in [0.25, 0.3) is 0 Å². The molecule has 2 aromatic carbocycles. The molecule has 0 unspecified atom stereocenters. The Morgan fingerprint density at radius 1 is 1.12 bits per heavy atom. The van der Waals surface area contributed by atoms with Gasteiger partial charge in [-0.25, -0.2) is 0 Å². The quantitative estimate of drug-likeness (QED) is 0.600. The van der Waals surface area contributed by atoms with Crippen LogP contribution in [0.15, 0.2) is 60.9 Å². The van der Waals surface area contributed by atoms with Gasteiger partial charge in [0.05, 0.1) is 18.7 Å². The lowest BCUT2D eigenvalue weighted by Crippen LogP contribution is -2.33. The fourth-order valence-electron chi connectivity index (χ4n) is 4.52. The van der Waals surface area contributed by atoms with Crippen LogP contribution in [0.2, 0.25) is 0 Å². The van der Waals surface area contributed by atoms with E-state index in [-0.39, 0.29) is 17.9 Å². The molecule has 0 radical (unpaired) electrons. The number of aromatic nitrogens is 1. The van der Waals surface area contributed by atoms with Crippen molar-refractivity contribution in [3.05, 3.63) is 66.5 Å². The second-order valence-corrected chi connectivity index (χ2v) is 8.91. The van der Waals surface area contributed by atoms with Gasteiger partial charge in [-0.3, -0.25) is 9.78 Å². The van der Waals surface area contributed by atoms with Crippen LogP contribution in [-0.4, -0.2) is 55.7 Å². The fourth-order valence-corrected chi connectivity index (χ4v) is 4.52.